The maximum absolute atomic E-state index is 11.5. The molecule has 2 saturated heterocycles. The molecule has 2 aromatic carbocycles. The molecule has 0 saturated carbocycles. The third-order valence-corrected chi connectivity index (χ3v) is 10.0. The van der Waals surface area contributed by atoms with Gasteiger partial charge >= 0.3 is 0 Å². The van der Waals surface area contributed by atoms with Crippen LogP contribution in [0.1, 0.15) is 24.2 Å². The highest BCUT2D eigenvalue weighted by Gasteiger charge is 2.27. The van der Waals surface area contributed by atoms with E-state index in [9.17, 15) is 4.79 Å². The molecule has 240 valence electrons. The first-order valence-electron chi connectivity index (χ1n) is 15.0. The minimum Gasteiger partial charge on any atom is -0.480 e. The quantitative estimate of drug-likeness (QED) is 0.199. The zero-order chi connectivity index (χ0) is 32.2. The second kappa shape index (κ2) is 14.5. The summed E-state index contributed by atoms with van der Waals surface area (Å²) in [5.41, 5.74) is 5.55. The van der Waals surface area contributed by atoms with Gasteiger partial charge in [-0.25, -0.2) is 9.97 Å². The largest absolute Gasteiger partial charge is 0.480 e. The predicted molar refractivity (Wildman–Crippen MR) is 183 cm³/mol. The summed E-state index contributed by atoms with van der Waals surface area (Å²) in [4.78, 5) is 32.7. The second-order valence-corrected chi connectivity index (χ2v) is 13.1. The fourth-order valence-electron chi connectivity index (χ4n) is 5.69. The molecule has 1 unspecified atom stereocenters. The van der Waals surface area contributed by atoms with Crippen molar-refractivity contribution in [1.82, 2.24) is 35.5 Å². The highest BCUT2D eigenvalue weighted by molar-refractivity contribution is 7.99. The predicted octanol–water partition coefficient (Wildman–Crippen LogP) is 5.51. The van der Waals surface area contributed by atoms with Gasteiger partial charge < -0.3 is 20.1 Å². The van der Waals surface area contributed by atoms with Crippen molar-refractivity contribution >= 4 is 40.9 Å². The summed E-state index contributed by atoms with van der Waals surface area (Å²) in [6.07, 6.45) is 6.96. The Kier molecular flexibility index (Phi) is 10.2. The molecule has 6 rings (SSSR count). The number of carbonyl (C=O) groups excluding carboxylic acids is 1. The average Bonchev–Trinajstić information content (AvgIpc) is 3.47. The van der Waals surface area contributed by atoms with Crippen molar-refractivity contribution < 1.29 is 14.3 Å². The number of likely N-dealkylation sites (tertiary alicyclic amines) is 1. The van der Waals surface area contributed by atoms with Crippen LogP contribution >= 0.6 is 35.0 Å². The average molecular weight is 681 g/mol. The number of methoxy groups -OCH3 is 2. The number of amides is 1. The van der Waals surface area contributed by atoms with E-state index >= 15 is 0 Å². The van der Waals surface area contributed by atoms with Crippen LogP contribution in [0.2, 0.25) is 10.0 Å². The zero-order valence-electron chi connectivity index (χ0n) is 25.8. The molecule has 2 aliphatic heterocycles. The van der Waals surface area contributed by atoms with Gasteiger partial charge in [-0.2, -0.15) is 11.8 Å². The molecule has 0 bridgehead atoms. The SMILES string of the molecule is COc1nc(-c2cccc(-c3cccc(-c4cnc(CN5CC(SC)C5)c(OC)n4)c3Cl)c2Cl)cnc1CNCC1CCC(=O)N1. The molecule has 1 amide bonds. The number of aromatic nitrogens is 4. The third kappa shape index (κ3) is 6.94. The smallest absolute Gasteiger partial charge is 0.237 e. The molecular weight excluding hydrogens is 645 g/mol. The van der Waals surface area contributed by atoms with E-state index in [1.165, 1.54) is 0 Å². The maximum Gasteiger partial charge on any atom is 0.237 e. The Balaban J connectivity index is 1.23. The van der Waals surface area contributed by atoms with E-state index in [1.54, 1.807) is 26.6 Å². The molecule has 0 aliphatic carbocycles. The lowest BCUT2D eigenvalue weighted by molar-refractivity contribution is -0.119. The van der Waals surface area contributed by atoms with Crippen LogP contribution in [0.5, 0.6) is 11.8 Å². The number of hydrogen-bond donors (Lipinski definition) is 2. The second-order valence-electron chi connectivity index (χ2n) is 11.2. The fourth-order valence-corrected chi connectivity index (χ4v) is 7.06. The van der Waals surface area contributed by atoms with Crippen molar-refractivity contribution in [2.75, 3.05) is 40.1 Å². The van der Waals surface area contributed by atoms with Gasteiger partial charge in [0, 0.05) is 72.7 Å². The topological polar surface area (TPSA) is 114 Å². The number of nitrogens with one attached hydrogen (secondary N) is 2. The number of nitrogens with zero attached hydrogens (tertiary/aromatic N) is 5. The number of benzene rings is 2. The summed E-state index contributed by atoms with van der Waals surface area (Å²) < 4.78 is 11.2. The van der Waals surface area contributed by atoms with Crippen molar-refractivity contribution in [3.05, 3.63) is 70.2 Å². The molecule has 2 fully saturated rings. The van der Waals surface area contributed by atoms with Crippen LogP contribution < -0.4 is 20.1 Å². The Morgan fingerprint density at radius 2 is 1.48 bits per heavy atom. The molecule has 10 nitrogen and oxygen atoms in total. The Bertz CT molecular complexity index is 1740. The van der Waals surface area contributed by atoms with Gasteiger partial charge in [0.15, 0.2) is 0 Å². The molecule has 2 aliphatic rings. The van der Waals surface area contributed by atoms with E-state index in [-0.39, 0.29) is 11.9 Å². The first kappa shape index (κ1) is 32.5. The first-order chi connectivity index (χ1) is 22.4. The van der Waals surface area contributed by atoms with Crippen LogP contribution in [-0.2, 0) is 17.9 Å². The van der Waals surface area contributed by atoms with E-state index in [1.807, 2.05) is 48.2 Å². The Hall–Kier alpha value is -3.48. The van der Waals surface area contributed by atoms with Gasteiger partial charge in [0.2, 0.25) is 17.7 Å². The number of ether oxygens (including phenoxy) is 2. The van der Waals surface area contributed by atoms with E-state index in [2.05, 4.69) is 26.8 Å². The lowest BCUT2D eigenvalue weighted by Gasteiger charge is -2.37. The Morgan fingerprint density at radius 1 is 0.913 bits per heavy atom. The molecule has 0 spiro atoms. The fraction of sp³-hybridized carbons (Fsp3) is 0.364. The van der Waals surface area contributed by atoms with Crippen LogP contribution in [-0.4, -0.2) is 82.1 Å². The number of halogens is 2. The first-order valence-corrected chi connectivity index (χ1v) is 17.1. The molecule has 0 radical (unpaired) electrons. The van der Waals surface area contributed by atoms with Gasteiger partial charge in [-0.1, -0.05) is 59.6 Å². The molecule has 4 heterocycles. The van der Waals surface area contributed by atoms with Crippen LogP contribution in [0.15, 0.2) is 48.8 Å². The van der Waals surface area contributed by atoms with E-state index in [4.69, 9.17) is 47.6 Å². The van der Waals surface area contributed by atoms with Gasteiger partial charge in [-0.3, -0.25) is 19.7 Å². The normalized spacial score (nSPS) is 16.7. The highest BCUT2D eigenvalue weighted by atomic mass is 35.5. The summed E-state index contributed by atoms with van der Waals surface area (Å²) in [6, 6.07) is 11.6. The zero-order valence-corrected chi connectivity index (χ0v) is 28.2. The van der Waals surface area contributed by atoms with Gasteiger partial charge in [0.05, 0.1) is 48.0 Å². The van der Waals surface area contributed by atoms with Gasteiger partial charge in [0.25, 0.3) is 0 Å². The molecular formula is C33H35Cl2N7O3S. The molecule has 2 N–H and O–H groups in total. The number of carbonyl (C=O) groups is 1. The number of thioether (sulfide) groups is 1. The lowest BCUT2D eigenvalue weighted by atomic mass is 9.98. The molecule has 4 aromatic rings. The summed E-state index contributed by atoms with van der Waals surface area (Å²) in [7, 11) is 3.17. The van der Waals surface area contributed by atoms with Crippen molar-refractivity contribution in [1.29, 1.82) is 0 Å². The molecule has 13 heteroatoms. The summed E-state index contributed by atoms with van der Waals surface area (Å²) in [5, 5.41) is 7.94. The molecule has 1 atom stereocenters. The van der Waals surface area contributed by atoms with Crippen molar-refractivity contribution in [3.63, 3.8) is 0 Å². The van der Waals surface area contributed by atoms with Crippen molar-refractivity contribution in [2.45, 2.75) is 37.2 Å². The summed E-state index contributed by atoms with van der Waals surface area (Å²) in [6.45, 7) is 3.85. The summed E-state index contributed by atoms with van der Waals surface area (Å²) in [5.74, 6) is 0.977. The van der Waals surface area contributed by atoms with Crippen molar-refractivity contribution in [2.24, 2.45) is 0 Å². The highest BCUT2D eigenvalue weighted by Crippen LogP contribution is 2.42. The molecule has 46 heavy (non-hydrogen) atoms. The van der Waals surface area contributed by atoms with E-state index < -0.39 is 0 Å². The number of hydrogen-bond acceptors (Lipinski definition) is 10. The van der Waals surface area contributed by atoms with Gasteiger partial charge in [0.1, 0.15) is 11.4 Å². The Labute approximate surface area is 282 Å². The van der Waals surface area contributed by atoms with Gasteiger partial charge in [-0.15, -0.1) is 0 Å². The third-order valence-electron chi connectivity index (χ3n) is 8.25. The van der Waals surface area contributed by atoms with Crippen LogP contribution in [0.25, 0.3) is 33.6 Å². The number of rotatable bonds is 12. The van der Waals surface area contributed by atoms with Crippen LogP contribution in [0.4, 0.5) is 0 Å². The van der Waals surface area contributed by atoms with E-state index in [0.29, 0.717) is 75.8 Å². The van der Waals surface area contributed by atoms with E-state index in [0.717, 1.165) is 41.9 Å². The van der Waals surface area contributed by atoms with Crippen molar-refractivity contribution in [3.8, 4) is 45.4 Å². The minimum absolute atomic E-state index is 0.0886. The van der Waals surface area contributed by atoms with Gasteiger partial charge in [-0.05, 0) is 12.7 Å². The lowest BCUT2D eigenvalue weighted by Crippen LogP contribution is -2.48. The minimum atomic E-state index is 0.0886. The summed E-state index contributed by atoms with van der Waals surface area (Å²) >= 11 is 16.0. The monoisotopic (exact) mass is 679 g/mol. The molecule has 2 aromatic heterocycles. The maximum atomic E-state index is 11.5. The van der Waals surface area contributed by atoms with Crippen LogP contribution in [0, 0.1) is 0 Å². The Morgan fingerprint density at radius 3 is 2.02 bits per heavy atom. The van der Waals surface area contributed by atoms with Crippen LogP contribution in [0.3, 0.4) is 0 Å². The standard InChI is InChI=1S/C33H35Cl2N7O3S/c1-44-32-27(13-36-12-19-10-11-29(43)39-19)37-14-25(40-32)23-8-4-6-21(30(23)34)22-7-5-9-24(31(22)35)26-15-38-28(33(41-26)45-2)18-42-16-20(17-42)46-3/h4-9,14-15,19-20,36H,10-13,16-18H2,1-3H3,(H,39,43).